The minimum Gasteiger partial charge on any atom is -0.452 e. The maximum atomic E-state index is 12.3. The summed E-state index contributed by atoms with van der Waals surface area (Å²) in [5.41, 5.74) is 3.14. The van der Waals surface area contributed by atoms with E-state index < -0.39 is 18.5 Å². The molecule has 0 aliphatic heterocycles. The Labute approximate surface area is 208 Å². The Morgan fingerprint density at radius 3 is 2.51 bits per heavy atom. The lowest BCUT2D eigenvalue weighted by Crippen LogP contribution is -2.21. The maximum Gasteiger partial charge on any atom is 0.338 e. The lowest BCUT2D eigenvalue weighted by Gasteiger charge is -2.05. The number of thioether (sulfide) groups is 1. The summed E-state index contributed by atoms with van der Waals surface area (Å²) in [4.78, 5) is 29.0. The molecule has 0 fully saturated rings. The van der Waals surface area contributed by atoms with E-state index in [0.717, 1.165) is 31.4 Å². The van der Waals surface area contributed by atoms with Crippen LogP contribution in [0.1, 0.15) is 15.9 Å². The number of benzene rings is 3. The first-order chi connectivity index (χ1) is 17.1. The number of carbonyl (C=O) groups is 2. The summed E-state index contributed by atoms with van der Waals surface area (Å²) in [6.45, 7) is -0.475. The molecule has 0 unspecified atom stereocenters. The topological polar surface area (TPSA) is 107 Å². The summed E-state index contributed by atoms with van der Waals surface area (Å²) in [5.74, 6) is -0.169. The molecule has 8 nitrogen and oxygen atoms in total. The largest absolute Gasteiger partial charge is 0.452 e. The number of hydrogen-bond acceptors (Lipinski definition) is 9. The van der Waals surface area contributed by atoms with Crippen LogP contribution in [0.3, 0.4) is 0 Å². The quantitative estimate of drug-likeness (QED) is 0.221. The molecule has 0 saturated carbocycles. The van der Waals surface area contributed by atoms with Crippen molar-refractivity contribution in [3.8, 4) is 11.5 Å². The average molecular weight is 503 g/mol. The van der Waals surface area contributed by atoms with Gasteiger partial charge in [-0.05, 0) is 42.0 Å². The molecule has 2 aromatic heterocycles. The first-order valence-electron chi connectivity index (χ1n) is 10.6. The number of amides is 1. The zero-order valence-corrected chi connectivity index (χ0v) is 19.8. The standard InChI is InChI=1S/C25H18N4O4S2/c30-21(27-24-29-28-22(33-24)17-6-2-1-3-7-17)14-32-23(31)18-12-10-16(11-13-18)15-34-25-26-19-8-4-5-9-20(19)35-25/h1-13H,14-15H2,(H,27,29,30). The number of esters is 1. The Hall–Kier alpha value is -4.02. The number of nitrogens with zero attached hydrogens (tertiary/aromatic N) is 3. The highest BCUT2D eigenvalue weighted by Crippen LogP contribution is 2.31. The van der Waals surface area contributed by atoms with Crippen molar-refractivity contribution in [1.82, 2.24) is 15.2 Å². The number of ether oxygens (including phenoxy) is 1. The number of anilines is 1. The molecule has 5 aromatic rings. The van der Waals surface area contributed by atoms with Crippen molar-refractivity contribution in [3.05, 3.63) is 90.0 Å². The molecule has 0 aliphatic rings. The summed E-state index contributed by atoms with van der Waals surface area (Å²) >= 11 is 3.31. The molecule has 2 heterocycles. The minimum atomic E-state index is -0.596. The third-order valence-electron chi connectivity index (χ3n) is 4.85. The van der Waals surface area contributed by atoms with Crippen LogP contribution >= 0.6 is 23.1 Å². The van der Waals surface area contributed by atoms with E-state index in [-0.39, 0.29) is 11.9 Å². The van der Waals surface area contributed by atoms with Crippen molar-refractivity contribution in [2.24, 2.45) is 0 Å². The number of fused-ring (bicyclic) bond motifs is 1. The highest BCUT2D eigenvalue weighted by atomic mass is 32.2. The van der Waals surface area contributed by atoms with E-state index in [1.54, 1.807) is 35.2 Å². The smallest absolute Gasteiger partial charge is 0.338 e. The third kappa shape index (κ3) is 5.73. The third-order valence-corrected chi connectivity index (χ3v) is 7.10. The molecule has 1 amide bonds. The Balaban J connectivity index is 1.10. The minimum absolute atomic E-state index is 0.0696. The predicted molar refractivity (Wildman–Crippen MR) is 134 cm³/mol. The van der Waals surface area contributed by atoms with Gasteiger partial charge in [-0.1, -0.05) is 59.3 Å². The normalized spacial score (nSPS) is 10.9. The van der Waals surface area contributed by atoms with E-state index in [9.17, 15) is 9.59 Å². The van der Waals surface area contributed by atoms with Crippen LogP contribution in [-0.4, -0.2) is 33.7 Å². The van der Waals surface area contributed by atoms with Gasteiger partial charge in [0.2, 0.25) is 5.89 Å². The zero-order valence-electron chi connectivity index (χ0n) is 18.2. The number of thiazole rings is 1. The van der Waals surface area contributed by atoms with Crippen molar-refractivity contribution in [2.45, 2.75) is 10.1 Å². The molecule has 3 aromatic carbocycles. The highest BCUT2D eigenvalue weighted by molar-refractivity contribution is 8.00. The highest BCUT2D eigenvalue weighted by Gasteiger charge is 2.14. The van der Waals surface area contributed by atoms with Crippen molar-refractivity contribution in [1.29, 1.82) is 0 Å². The maximum absolute atomic E-state index is 12.3. The fourth-order valence-corrected chi connectivity index (χ4v) is 5.16. The fourth-order valence-electron chi connectivity index (χ4n) is 3.14. The van der Waals surface area contributed by atoms with Crippen LogP contribution in [0.15, 0.2) is 87.6 Å². The molecule has 0 bridgehead atoms. The predicted octanol–water partition coefficient (Wildman–Crippen LogP) is 5.43. The molecule has 1 N–H and O–H groups in total. The molecule has 5 rings (SSSR count). The Morgan fingerprint density at radius 1 is 0.943 bits per heavy atom. The molecule has 0 atom stereocenters. The van der Waals surface area contributed by atoms with Gasteiger partial charge < -0.3 is 9.15 Å². The van der Waals surface area contributed by atoms with Gasteiger partial charge in [-0.15, -0.1) is 16.4 Å². The second kappa shape index (κ2) is 10.5. The number of hydrogen-bond donors (Lipinski definition) is 1. The van der Waals surface area contributed by atoms with Gasteiger partial charge in [0.05, 0.1) is 15.8 Å². The van der Waals surface area contributed by atoms with E-state index in [0.29, 0.717) is 5.56 Å². The number of rotatable bonds is 8. The molecular formula is C25H18N4O4S2. The lowest BCUT2D eigenvalue weighted by molar-refractivity contribution is -0.119. The van der Waals surface area contributed by atoms with E-state index in [1.165, 1.54) is 0 Å². The first kappa shape index (κ1) is 22.8. The SMILES string of the molecule is O=C(COC(=O)c1ccc(CSc2nc3ccccc3s2)cc1)Nc1nnc(-c2ccccc2)o1. The second-order valence-corrected chi connectivity index (χ2v) is 9.59. The summed E-state index contributed by atoms with van der Waals surface area (Å²) in [5, 5.41) is 10.1. The molecule has 0 saturated heterocycles. The van der Waals surface area contributed by atoms with Gasteiger partial charge in [0.1, 0.15) is 0 Å². The number of nitrogens with one attached hydrogen (secondary N) is 1. The number of para-hydroxylation sites is 1. The fraction of sp³-hybridized carbons (Fsp3) is 0.0800. The Kier molecular flexibility index (Phi) is 6.82. The van der Waals surface area contributed by atoms with Gasteiger partial charge in [-0.3, -0.25) is 10.1 Å². The molecule has 174 valence electrons. The average Bonchev–Trinajstić information content (AvgIpc) is 3.53. The summed E-state index contributed by atoms with van der Waals surface area (Å²) < 4.78 is 12.7. The summed E-state index contributed by atoms with van der Waals surface area (Å²) in [6, 6.07) is 24.2. The lowest BCUT2D eigenvalue weighted by atomic mass is 10.1. The van der Waals surface area contributed by atoms with Gasteiger partial charge >= 0.3 is 12.0 Å². The van der Waals surface area contributed by atoms with Crippen molar-refractivity contribution < 1.29 is 18.7 Å². The van der Waals surface area contributed by atoms with Gasteiger partial charge in [0.25, 0.3) is 5.91 Å². The number of aromatic nitrogens is 3. The van der Waals surface area contributed by atoms with Crippen molar-refractivity contribution in [2.75, 3.05) is 11.9 Å². The van der Waals surface area contributed by atoms with Crippen LogP contribution in [-0.2, 0) is 15.3 Å². The molecule has 10 heteroatoms. The first-order valence-corrected chi connectivity index (χ1v) is 12.4. The monoisotopic (exact) mass is 502 g/mol. The van der Waals surface area contributed by atoms with E-state index in [4.69, 9.17) is 9.15 Å². The summed E-state index contributed by atoms with van der Waals surface area (Å²) in [6.07, 6.45) is 0. The summed E-state index contributed by atoms with van der Waals surface area (Å²) in [7, 11) is 0. The van der Waals surface area contributed by atoms with Crippen molar-refractivity contribution in [3.63, 3.8) is 0 Å². The Morgan fingerprint density at radius 2 is 1.71 bits per heavy atom. The zero-order chi connectivity index (χ0) is 24.0. The van der Waals surface area contributed by atoms with E-state index >= 15 is 0 Å². The van der Waals surface area contributed by atoms with Crippen LogP contribution in [0.2, 0.25) is 0 Å². The molecule has 0 aliphatic carbocycles. The van der Waals surface area contributed by atoms with E-state index in [2.05, 4.69) is 26.6 Å². The molecule has 0 radical (unpaired) electrons. The van der Waals surface area contributed by atoms with Crippen LogP contribution < -0.4 is 5.32 Å². The van der Waals surface area contributed by atoms with Crippen LogP contribution in [0.4, 0.5) is 6.01 Å². The number of carbonyl (C=O) groups excluding carboxylic acids is 2. The van der Waals surface area contributed by atoms with Crippen LogP contribution in [0.5, 0.6) is 0 Å². The van der Waals surface area contributed by atoms with Gasteiger partial charge in [-0.2, -0.15) is 0 Å². The van der Waals surface area contributed by atoms with Crippen LogP contribution in [0, 0.1) is 0 Å². The second-order valence-electron chi connectivity index (χ2n) is 7.34. The molecular weight excluding hydrogens is 484 g/mol. The molecule has 35 heavy (non-hydrogen) atoms. The van der Waals surface area contributed by atoms with E-state index in [1.807, 2.05) is 60.7 Å². The van der Waals surface area contributed by atoms with Crippen molar-refractivity contribution >= 4 is 51.2 Å². The van der Waals surface area contributed by atoms with Gasteiger partial charge in [-0.25, -0.2) is 9.78 Å². The Bertz CT molecular complexity index is 1430. The van der Waals surface area contributed by atoms with Gasteiger partial charge in [0.15, 0.2) is 10.9 Å². The van der Waals surface area contributed by atoms with Gasteiger partial charge in [0, 0.05) is 11.3 Å². The molecule has 0 spiro atoms. The van der Waals surface area contributed by atoms with Crippen LogP contribution in [0.25, 0.3) is 21.7 Å².